The molecule has 7 heteroatoms. The van der Waals surface area contributed by atoms with Gasteiger partial charge in [0.1, 0.15) is 11.5 Å². The summed E-state index contributed by atoms with van der Waals surface area (Å²) in [6.45, 7) is 1.29. The number of para-hydroxylation sites is 1. The van der Waals surface area contributed by atoms with E-state index < -0.39 is 5.97 Å². The number of hydrogen-bond donors (Lipinski definition) is 2. The first-order valence-corrected chi connectivity index (χ1v) is 9.10. The van der Waals surface area contributed by atoms with Crippen LogP contribution in [0.15, 0.2) is 72.8 Å². The van der Waals surface area contributed by atoms with E-state index in [4.69, 9.17) is 9.47 Å². The van der Waals surface area contributed by atoms with Crippen LogP contribution in [0.25, 0.3) is 0 Å². The molecular formula is C23H20N2O5. The van der Waals surface area contributed by atoms with Gasteiger partial charge >= 0.3 is 5.97 Å². The summed E-state index contributed by atoms with van der Waals surface area (Å²) in [5.74, 6) is -0.423. The molecule has 0 spiro atoms. The van der Waals surface area contributed by atoms with Gasteiger partial charge < -0.3 is 20.1 Å². The maximum atomic E-state index is 12.6. The highest BCUT2D eigenvalue weighted by Crippen LogP contribution is 2.21. The van der Waals surface area contributed by atoms with Crippen LogP contribution in [0.1, 0.15) is 27.6 Å². The Bertz CT molecular complexity index is 1090. The smallest absolute Gasteiger partial charge is 0.308 e. The Kier molecular flexibility index (Phi) is 6.44. The van der Waals surface area contributed by atoms with Gasteiger partial charge in [-0.05, 0) is 48.5 Å². The third-order valence-electron chi connectivity index (χ3n) is 4.09. The number of ether oxygens (including phenoxy) is 2. The van der Waals surface area contributed by atoms with E-state index in [1.54, 1.807) is 66.7 Å². The van der Waals surface area contributed by atoms with E-state index in [-0.39, 0.29) is 17.6 Å². The highest BCUT2D eigenvalue weighted by molar-refractivity contribution is 6.07. The Hall–Kier alpha value is -4.13. The van der Waals surface area contributed by atoms with Gasteiger partial charge in [0.15, 0.2) is 0 Å². The number of hydrogen-bond acceptors (Lipinski definition) is 5. The lowest BCUT2D eigenvalue weighted by atomic mass is 10.1. The van der Waals surface area contributed by atoms with Crippen LogP contribution in [-0.2, 0) is 4.79 Å². The monoisotopic (exact) mass is 404 g/mol. The van der Waals surface area contributed by atoms with Gasteiger partial charge in [-0.25, -0.2) is 0 Å². The van der Waals surface area contributed by atoms with Crippen molar-refractivity contribution in [2.24, 2.45) is 0 Å². The van der Waals surface area contributed by atoms with Gasteiger partial charge in [-0.2, -0.15) is 0 Å². The second-order valence-corrected chi connectivity index (χ2v) is 6.31. The summed E-state index contributed by atoms with van der Waals surface area (Å²) in [7, 11) is 1.50. The summed E-state index contributed by atoms with van der Waals surface area (Å²) in [6.07, 6.45) is 0. The normalized spacial score (nSPS) is 10.1. The lowest BCUT2D eigenvalue weighted by Crippen LogP contribution is -2.14. The first-order valence-electron chi connectivity index (χ1n) is 9.10. The molecule has 0 aliphatic heterocycles. The van der Waals surface area contributed by atoms with Gasteiger partial charge in [-0.3, -0.25) is 14.4 Å². The first kappa shape index (κ1) is 20.6. The van der Waals surface area contributed by atoms with Crippen LogP contribution >= 0.6 is 0 Å². The van der Waals surface area contributed by atoms with Crippen molar-refractivity contribution in [1.82, 2.24) is 0 Å². The Morgan fingerprint density at radius 2 is 1.43 bits per heavy atom. The van der Waals surface area contributed by atoms with Crippen molar-refractivity contribution in [3.8, 4) is 11.5 Å². The van der Waals surface area contributed by atoms with Crippen LogP contribution in [-0.4, -0.2) is 24.9 Å². The van der Waals surface area contributed by atoms with Gasteiger partial charge in [-0.15, -0.1) is 0 Å². The number of methoxy groups -OCH3 is 1. The van der Waals surface area contributed by atoms with E-state index in [0.717, 1.165) is 0 Å². The van der Waals surface area contributed by atoms with E-state index in [9.17, 15) is 14.4 Å². The molecule has 0 aromatic heterocycles. The number of benzene rings is 3. The van der Waals surface area contributed by atoms with Crippen LogP contribution in [0.3, 0.4) is 0 Å². The van der Waals surface area contributed by atoms with Crippen LogP contribution in [0.2, 0.25) is 0 Å². The van der Waals surface area contributed by atoms with Crippen molar-refractivity contribution in [1.29, 1.82) is 0 Å². The summed E-state index contributed by atoms with van der Waals surface area (Å²) in [4.78, 5) is 36.2. The maximum absolute atomic E-state index is 12.6. The fourth-order valence-electron chi connectivity index (χ4n) is 2.78. The summed E-state index contributed by atoms with van der Waals surface area (Å²) in [5.41, 5.74) is 1.74. The molecule has 0 saturated carbocycles. The maximum Gasteiger partial charge on any atom is 0.308 e. The van der Waals surface area contributed by atoms with E-state index in [1.807, 2.05) is 0 Å². The van der Waals surface area contributed by atoms with Gasteiger partial charge in [-0.1, -0.05) is 24.3 Å². The van der Waals surface area contributed by atoms with Crippen molar-refractivity contribution in [3.63, 3.8) is 0 Å². The summed E-state index contributed by atoms with van der Waals surface area (Å²) in [6, 6.07) is 20.0. The summed E-state index contributed by atoms with van der Waals surface area (Å²) in [5, 5.41) is 5.55. The molecule has 3 aromatic rings. The van der Waals surface area contributed by atoms with Crippen molar-refractivity contribution < 1.29 is 23.9 Å². The topological polar surface area (TPSA) is 93.7 Å². The van der Waals surface area contributed by atoms with Crippen molar-refractivity contribution in [3.05, 3.63) is 83.9 Å². The number of carbonyl (C=O) groups is 3. The molecule has 0 saturated heterocycles. The molecule has 0 aliphatic carbocycles. The van der Waals surface area contributed by atoms with Gasteiger partial charge in [0.05, 0.1) is 12.7 Å². The number of nitrogens with one attached hydrogen (secondary N) is 2. The number of amides is 2. The molecule has 3 aromatic carbocycles. The minimum Gasteiger partial charge on any atom is -0.496 e. The van der Waals surface area contributed by atoms with E-state index >= 15 is 0 Å². The average Bonchev–Trinajstić information content (AvgIpc) is 2.73. The molecule has 0 radical (unpaired) electrons. The molecule has 0 aliphatic rings. The Balaban J connectivity index is 1.72. The molecule has 152 valence electrons. The van der Waals surface area contributed by atoms with Crippen molar-refractivity contribution >= 4 is 29.2 Å². The molecule has 2 N–H and O–H groups in total. The zero-order chi connectivity index (χ0) is 21.5. The van der Waals surface area contributed by atoms with Gasteiger partial charge in [0, 0.05) is 23.9 Å². The average molecular weight is 404 g/mol. The predicted octanol–water partition coefficient (Wildman–Crippen LogP) is 4.13. The molecule has 0 bridgehead atoms. The first-order chi connectivity index (χ1) is 14.5. The fourth-order valence-corrected chi connectivity index (χ4v) is 2.78. The van der Waals surface area contributed by atoms with Gasteiger partial charge in [0.2, 0.25) is 0 Å². The largest absolute Gasteiger partial charge is 0.496 e. The van der Waals surface area contributed by atoms with E-state index in [0.29, 0.717) is 28.3 Å². The van der Waals surface area contributed by atoms with Crippen LogP contribution in [0.4, 0.5) is 11.4 Å². The molecule has 0 heterocycles. The Labute approximate surface area is 173 Å². The molecule has 30 heavy (non-hydrogen) atoms. The molecule has 3 rings (SSSR count). The second-order valence-electron chi connectivity index (χ2n) is 6.31. The second kappa shape index (κ2) is 9.38. The van der Waals surface area contributed by atoms with E-state index in [1.165, 1.54) is 20.1 Å². The quantitative estimate of drug-likeness (QED) is 0.476. The van der Waals surface area contributed by atoms with Crippen LogP contribution in [0, 0.1) is 0 Å². The molecule has 0 atom stereocenters. The third kappa shape index (κ3) is 5.23. The third-order valence-corrected chi connectivity index (χ3v) is 4.09. The lowest BCUT2D eigenvalue weighted by molar-refractivity contribution is -0.131. The summed E-state index contributed by atoms with van der Waals surface area (Å²) >= 11 is 0. The standard InChI is InChI=1S/C23H20N2O5/c1-15(26)30-19-10-5-7-16(13-19)22(27)24-17-8-6-9-18(14-17)25-23(28)20-11-3-4-12-21(20)29-2/h3-14H,1-2H3,(H,24,27)(H,25,28). The Morgan fingerprint density at radius 3 is 2.13 bits per heavy atom. The fraction of sp³-hybridized carbons (Fsp3) is 0.0870. The molecular weight excluding hydrogens is 384 g/mol. The SMILES string of the molecule is COc1ccccc1C(=O)Nc1cccc(NC(=O)c2cccc(OC(C)=O)c2)c1. The highest BCUT2D eigenvalue weighted by Gasteiger charge is 2.13. The predicted molar refractivity (Wildman–Crippen MR) is 113 cm³/mol. The molecule has 0 fully saturated rings. The van der Waals surface area contributed by atoms with E-state index in [2.05, 4.69) is 10.6 Å². The van der Waals surface area contributed by atoms with Gasteiger partial charge in [0.25, 0.3) is 11.8 Å². The number of rotatable bonds is 6. The summed E-state index contributed by atoms with van der Waals surface area (Å²) < 4.78 is 10.2. The number of anilines is 2. The highest BCUT2D eigenvalue weighted by atomic mass is 16.5. The minimum atomic E-state index is -0.467. The molecule has 7 nitrogen and oxygen atoms in total. The van der Waals surface area contributed by atoms with Crippen molar-refractivity contribution in [2.75, 3.05) is 17.7 Å². The zero-order valence-corrected chi connectivity index (χ0v) is 16.5. The molecule has 2 amide bonds. The number of carbonyl (C=O) groups excluding carboxylic acids is 3. The van der Waals surface area contributed by atoms with Crippen LogP contribution < -0.4 is 20.1 Å². The minimum absolute atomic E-state index is 0.285. The number of esters is 1. The van der Waals surface area contributed by atoms with Crippen molar-refractivity contribution in [2.45, 2.75) is 6.92 Å². The Morgan fingerprint density at radius 1 is 0.767 bits per heavy atom. The lowest BCUT2D eigenvalue weighted by Gasteiger charge is -2.11. The van der Waals surface area contributed by atoms with Crippen LogP contribution in [0.5, 0.6) is 11.5 Å². The zero-order valence-electron chi connectivity index (χ0n) is 16.5. The molecule has 0 unspecified atom stereocenters.